The van der Waals surface area contributed by atoms with Crippen molar-refractivity contribution in [2.75, 3.05) is 33.3 Å². The van der Waals surface area contributed by atoms with Crippen LogP contribution in [0.4, 0.5) is 0 Å². The Morgan fingerprint density at radius 1 is 1.22 bits per heavy atom. The number of aliphatic imine (C=N–C) groups is 1. The molecule has 0 atom stereocenters. The Balaban J connectivity index is 1.56. The Bertz CT molecular complexity index is 688. The van der Waals surface area contributed by atoms with E-state index in [-0.39, 0.29) is 10.8 Å². The highest BCUT2D eigenvalue weighted by Gasteiger charge is 2.16. The molecule has 0 aromatic carbocycles. The molecule has 1 aliphatic carbocycles. The minimum Gasteiger partial charge on any atom is -0.378 e. The van der Waals surface area contributed by atoms with E-state index in [0.717, 1.165) is 30.9 Å². The van der Waals surface area contributed by atoms with Crippen molar-refractivity contribution in [3.05, 3.63) is 16.5 Å². The first-order valence-electron chi connectivity index (χ1n) is 9.32. The number of hydrogen-bond acceptors (Lipinski definition) is 5. The SMILES string of the molecule is CN=C(NCCCOC1CCCCC1)NCCNS(=O)(=O)c1ccc(Cl)s1. The van der Waals surface area contributed by atoms with Crippen molar-refractivity contribution in [3.8, 4) is 0 Å². The van der Waals surface area contributed by atoms with E-state index in [4.69, 9.17) is 16.3 Å². The van der Waals surface area contributed by atoms with E-state index < -0.39 is 10.0 Å². The van der Waals surface area contributed by atoms with Gasteiger partial charge in [-0.3, -0.25) is 4.99 Å². The molecule has 1 aromatic rings. The number of hydrogen-bond donors (Lipinski definition) is 3. The normalized spacial score (nSPS) is 16.4. The van der Waals surface area contributed by atoms with Crippen LogP contribution in [0.1, 0.15) is 38.5 Å². The molecule has 10 heteroatoms. The van der Waals surface area contributed by atoms with Gasteiger partial charge in [0.05, 0.1) is 10.4 Å². The monoisotopic (exact) mass is 436 g/mol. The number of halogens is 1. The molecule has 0 unspecified atom stereocenters. The summed E-state index contributed by atoms with van der Waals surface area (Å²) in [5.41, 5.74) is 0. The zero-order valence-electron chi connectivity index (χ0n) is 15.7. The quantitative estimate of drug-likeness (QED) is 0.298. The van der Waals surface area contributed by atoms with Gasteiger partial charge < -0.3 is 15.4 Å². The highest BCUT2D eigenvalue weighted by Crippen LogP contribution is 2.25. The molecule has 7 nitrogen and oxygen atoms in total. The minimum absolute atomic E-state index is 0.216. The molecule has 1 heterocycles. The first-order chi connectivity index (χ1) is 13.0. The third-order valence-electron chi connectivity index (χ3n) is 4.27. The first-order valence-corrected chi connectivity index (χ1v) is 12.0. The fourth-order valence-electron chi connectivity index (χ4n) is 2.86. The molecular weight excluding hydrogens is 408 g/mol. The number of sulfonamides is 1. The van der Waals surface area contributed by atoms with Gasteiger partial charge in [-0.25, -0.2) is 13.1 Å². The fraction of sp³-hybridized carbons (Fsp3) is 0.706. The number of guanidine groups is 1. The maximum absolute atomic E-state index is 12.1. The van der Waals surface area contributed by atoms with E-state index in [9.17, 15) is 8.42 Å². The van der Waals surface area contributed by atoms with E-state index in [2.05, 4.69) is 20.3 Å². The van der Waals surface area contributed by atoms with Crippen molar-refractivity contribution in [1.82, 2.24) is 15.4 Å². The number of rotatable bonds is 10. The minimum atomic E-state index is -3.51. The van der Waals surface area contributed by atoms with Crippen molar-refractivity contribution in [2.45, 2.75) is 48.8 Å². The first kappa shape index (κ1) is 22.4. The summed E-state index contributed by atoms with van der Waals surface area (Å²) < 4.78 is 33.3. The van der Waals surface area contributed by atoms with Crippen molar-refractivity contribution < 1.29 is 13.2 Å². The van der Waals surface area contributed by atoms with Crippen LogP contribution in [0.15, 0.2) is 21.3 Å². The van der Waals surface area contributed by atoms with E-state index in [1.165, 1.54) is 38.2 Å². The molecule has 0 radical (unpaired) electrons. The Labute approximate surface area is 171 Å². The molecule has 0 amide bonds. The van der Waals surface area contributed by atoms with Crippen LogP contribution in [-0.2, 0) is 14.8 Å². The van der Waals surface area contributed by atoms with E-state index in [0.29, 0.717) is 22.9 Å². The average Bonchev–Trinajstić information content (AvgIpc) is 3.11. The van der Waals surface area contributed by atoms with Crippen LogP contribution >= 0.6 is 22.9 Å². The number of nitrogens with zero attached hydrogens (tertiary/aromatic N) is 1. The molecule has 2 rings (SSSR count). The number of ether oxygens (including phenoxy) is 1. The lowest BCUT2D eigenvalue weighted by molar-refractivity contribution is 0.0277. The third kappa shape index (κ3) is 8.35. The van der Waals surface area contributed by atoms with Gasteiger partial charge in [0.15, 0.2) is 5.96 Å². The maximum atomic E-state index is 12.1. The second-order valence-electron chi connectivity index (χ2n) is 6.37. The molecule has 0 bridgehead atoms. The van der Waals surface area contributed by atoms with Crippen LogP contribution in [0.2, 0.25) is 4.34 Å². The number of nitrogens with one attached hydrogen (secondary N) is 3. The molecule has 27 heavy (non-hydrogen) atoms. The van der Waals surface area contributed by atoms with E-state index in [1.807, 2.05) is 0 Å². The lowest BCUT2D eigenvalue weighted by atomic mass is 9.98. The number of thiophene rings is 1. The molecule has 1 fully saturated rings. The lowest BCUT2D eigenvalue weighted by Crippen LogP contribution is -2.41. The Kier molecular flexibility index (Phi) is 9.84. The van der Waals surface area contributed by atoms with Gasteiger partial charge in [-0.2, -0.15) is 0 Å². The molecular formula is C17H29ClN4O3S2. The summed E-state index contributed by atoms with van der Waals surface area (Å²) in [6.45, 7) is 2.18. The van der Waals surface area contributed by atoms with Gasteiger partial charge in [0.1, 0.15) is 4.21 Å². The summed E-state index contributed by atoms with van der Waals surface area (Å²) in [7, 11) is -1.83. The second kappa shape index (κ2) is 11.9. The maximum Gasteiger partial charge on any atom is 0.250 e. The Hall–Kier alpha value is -0.870. The zero-order valence-corrected chi connectivity index (χ0v) is 18.1. The second-order valence-corrected chi connectivity index (χ2v) is 10.1. The summed E-state index contributed by atoms with van der Waals surface area (Å²) >= 11 is 6.82. The van der Waals surface area contributed by atoms with Crippen molar-refractivity contribution in [2.24, 2.45) is 4.99 Å². The van der Waals surface area contributed by atoms with Gasteiger partial charge in [0, 0.05) is 33.3 Å². The van der Waals surface area contributed by atoms with Crippen LogP contribution in [0.25, 0.3) is 0 Å². The highest BCUT2D eigenvalue weighted by molar-refractivity contribution is 7.91. The molecule has 3 N–H and O–H groups in total. The van der Waals surface area contributed by atoms with Crippen LogP contribution < -0.4 is 15.4 Å². The Morgan fingerprint density at radius 3 is 2.63 bits per heavy atom. The molecule has 154 valence electrons. The average molecular weight is 437 g/mol. The topological polar surface area (TPSA) is 91.8 Å². The van der Waals surface area contributed by atoms with Crippen LogP contribution in [-0.4, -0.2) is 53.8 Å². The summed E-state index contributed by atoms with van der Waals surface area (Å²) in [4.78, 5) is 4.13. The summed E-state index contributed by atoms with van der Waals surface area (Å²) in [5.74, 6) is 0.644. The van der Waals surface area contributed by atoms with Gasteiger partial charge in [-0.15, -0.1) is 11.3 Å². The fourth-order valence-corrected chi connectivity index (χ4v) is 5.42. The zero-order chi connectivity index (χ0) is 19.5. The van der Waals surface area contributed by atoms with E-state index >= 15 is 0 Å². The molecule has 0 aliphatic heterocycles. The molecule has 0 spiro atoms. The van der Waals surface area contributed by atoms with E-state index in [1.54, 1.807) is 13.1 Å². The summed E-state index contributed by atoms with van der Waals surface area (Å²) in [6, 6.07) is 3.07. The standard InChI is InChI=1S/C17H29ClN4O3S2/c1-19-17(20-10-5-13-25-14-6-3-2-4-7-14)21-11-12-22-27(23,24)16-9-8-15(18)26-16/h8-9,14,22H,2-7,10-13H2,1H3,(H2,19,20,21). The van der Waals surface area contributed by atoms with Crippen molar-refractivity contribution in [1.29, 1.82) is 0 Å². The predicted octanol–water partition coefficient (Wildman–Crippen LogP) is 2.58. The van der Waals surface area contributed by atoms with Crippen molar-refractivity contribution >= 4 is 38.9 Å². The van der Waals surface area contributed by atoms with Gasteiger partial charge in [-0.05, 0) is 31.4 Å². The van der Waals surface area contributed by atoms with Gasteiger partial charge in [0.2, 0.25) is 10.0 Å². The largest absolute Gasteiger partial charge is 0.378 e. The van der Waals surface area contributed by atoms with Crippen LogP contribution in [0, 0.1) is 0 Å². The summed E-state index contributed by atoms with van der Waals surface area (Å²) in [6.07, 6.45) is 7.60. The highest BCUT2D eigenvalue weighted by atomic mass is 35.5. The van der Waals surface area contributed by atoms with Crippen LogP contribution in [0.5, 0.6) is 0 Å². The van der Waals surface area contributed by atoms with Crippen LogP contribution in [0.3, 0.4) is 0 Å². The molecule has 1 saturated carbocycles. The predicted molar refractivity (Wildman–Crippen MR) is 111 cm³/mol. The van der Waals surface area contributed by atoms with Gasteiger partial charge in [-0.1, -0.05) is 30.9 Å². The van der Waals surface area contributed by atoms with Crippen molar-refractivity contribution in [3.63, 3.8) is 0 Å². The van der Waals surface area contributed by atoms with Gasteiger partial charge >= 0.3 is 0 Å². The summed E-state index contributed by atoms with van der Waals surface area (Å²) in [5, 5.41) is 6.29. The third-order valence-corrected chi connectivity index (χ3v) is 7.45. The van der Waals surface area contributed by atoms with Gasteiger partial charge in [0.25, 0.3) is 0 Å². The molecule has 1 aliphatic rings. The lowest BCUT2D eigenvalue weighted by Gasteiger charge is -2.22. The Morgan fingerprint density at radius 2 is 1.96 bits per heavy atom. The smallest absolute Gasteiger partial charge is 0.250 e. The molecule has 0 saturated heterocycles. The molecule has 1 aromatic heterocycles.